The van der Waals surface area contributed by atoms with Crippen molar-refractivity contribution in [2.45, 2.75) is 18.9 Å². The molecule has 5 heteroatoms. The number of hydrogen-bond donors (Lipinski definition) is 0. The van der Waals surface area contributed by atoms with Gasteiger partial charge in [0.1, 0.15) is 5.82 Å². The molecule has 24 heavy (non-hydrogen) atoms. The average Bonchev–Trinajstić information content (AvgIpc) is 2.68. The van der Waals surface area contributed by atoms with E-state index in [9.17, 15) is 0 Å². The van der Waals surface area contributed by atoms with Gasteiger partial charge >= 0.3 is 0 Å². The topological polar surface area (TPSA) is 45.2 Å². The first kappa shape index (κ1) is 14.9. The fourth-order valence-corrected chi connectivity index (χ4v) is 3.38. The molecule has 0 radical (unpaired) electrons. The minimum atomic E-state index is 0.425. The number of benzene rings is 1. The van der Waals surface area contributed by atoms with Crippen molar-refractivity contribution in [1.29, 1.82) is 0 Å². The van der Waals surface area contributed by atoms with Crippen LogP contribution in [0.1, 0.15) is 12.8 Å². The van der Waals surface area contributed by atoms with E-state index in [-0.39, 0.29) is 0 Å². The van der Waals surface area contributed by atoms with Crippen molar-refractivity contribution in [2.24, 2.45) is 0 Å². The van der Waals surface area contributed by atoms with Gasteiger partial charge in [0.2, 0.25) is 0 Å². The smallest absolute Gasteiger partial charge is 0.151 e. The molecule has 1 saturated heterocycles. The molecule has 3 heterocycles. The Kier molecular flexibility index (Phi) is 3.99. The fraction of sp³-hybridized carbons (Fsp3) is 0.316. The normalized spacial score (nSPS) is 17.9. The first-order valence-electron chi connectivity index (χ1n) is 8.42. The lowest BCUT2D eigenvalue weighted by Gasteiger charge is -2.38. The minimum absolute atomic E-state index is 0.425. The summed E-state index contributed by atoms with van der Waals surface area (Å²) in [6.45, 7) is 1.98. The van der Waals surface area contributed by atoms with Crippen molar-refractivity contribution in [2.75, 3.05) is 29.9 Å². The SMILES string of the molecule is CN(c1ccc2ccccc2n1)C1CCCN(c2cccnn2)C1. The number of anilines is 2. The molecule has 4 rings (SSSR count). The van der Waals surface area contributed by atoms with Gasteiger partial charge in [-0.05, 0) is 43.2 Å². The van der Waals surface area contributed by atoms with E-state index < -0.39 is 0 Å². The van der Waals surface area contributed by atoms with E-state index in [2.05, 4.69) is 51.3 Å². The Morgan fingerprint density at radius 3 is 2.88 bits per heavy atom. The number of aromatic nitrogens is 3. The van der Waals surface area contributed by atoms with Gasteiger partial charge in [-0.3, -0.25) is 0 Å². The van der Waals surface area contributed by atoms with Crippen molar-refractivity contribution in [3.05, 3.63) is 54.7 Å². The molecule has 0 N–H and O–H groups in total. The highest BCUT2D eigenvalue weighted by molar-refractivity contribution is 5.80. The third kappa shape index (κ3) is 2.89. The number of nitrogens with zero attached hydrogens (tertiary/aromatic N) is 5. The summed E-state index contributed by atoms with van der Waals surface area (Å²) in [5.41, 5.74) is 1.04. The number of piperidine rings is 1. The second-order valence-electron chi connectivity index (χ2n) is 6.30. The highest BCUT2D eigenvalue weighted by atomic mass is 15.3. The Labute approximate surface area is 142 Å². The molecule has 1 atom stereocenters. The first-order valence-corrected chi connectivity index (χ1v) is 8.42. The summed E-state index contributed by atoms with van der Waals surface area (Å²) < 4.78 is 0. The van der Waals surface area contributed by atoms with Gasteiger partial charge in [0, 0.05) is 37.8 Å². The van der Waals surface area contributed by atoms with Crippen molar-refractivity contribution < 1.29 is 0 Å². The minimum Gasteiger partial charge on any atom is -0.355 e. The van der Waals surface area contributed by atoms with Crippen molar-refractivity contribution in [3.63, 3.8) is 0 Å². The van der Waals surface area contributed by atoms with Crippen LogP contribution in [0.3, 0.4) is 0 Å². The van der Waals surface area contributed by atoms with E-state index in [0.717, 1.165) is 36.7 Å². The number of pyridine rings is 1. The third-order valence-corrected chi connectivity index (χ3v) is 4.77. The maximum absolute atomic E-state index is 4.83. The lowest BCUT2D eigenvalue weighted by molar-refractivity contribution is 0.482. The van der Waals surface area contributed by atoms with E-state index in [1.807, 2.05) is 24.3 Å². The van der Waals surface area contributed by atoms with Gasteiger partial charge in [0.25, 0.3) is 0 Å². The molecular weight excluding hydrogens is 298 g/mol. The van der Waals surface area contributed by atoms with Crippen LogP contribution in [0.25, 0.3) is 10.9 Å². The largest absolute Gasteiger partial charge is 0.355 e. The Morgan fingerprint density at radius 2 is 2.00 bits per heavy atom. The lowest BCUT2D eigenvalue weighted by Crippen LogP contribution is -2.47. The molecule has 122 valence electrons. The zero-order valence-corrected chi connectivity index (χ0v) is 13.8. The summed E-state index contributed by atoms with van der Waals surface area (Å²) >= 11 is 0. The summed E-state index contributed by atoms with van der Waals surface area (Å²) in [7, 11) is 2.14. The van der Waals surface area contributed by atoms with Crippen LogP contribution >= 0.6 is 0 Å². The van der Waals surface area contributed by atoms with Crippen LogP contribution < -0.4 is 9.80 Å². The third-order valence-electron chi connectivity index (χ3n) is 4.77. The molecule has 0 amide bonds. The number of rotatable bonds is 3. The fourth-order valence-electron chi connectivity index (χ4n) is 3.38. The summed E-state index contributed by atoms with van der Waals surface area (Å²) in [6.07, 6.45) is 4.04. The second kappa shape index (κ2) is 6.43. The highest BCUT2D eigenvalue weighted by Crippen LogP contribution is 2.24. The average molecular weight is 319 g/mol. The summed E-state index contributed by atoms with van der Waals surface area (Å²) in [4.78, 5) is 9.45. The molecular formula is C19H21N5. The Bertz CT molecular complexity index is 820. The van der Waals surface area contributed by atoms with Crippen LogP contribution in [-0.2, 0) is 0 Å². The summed E-state index contributed by atoms with van der Waals surface area (Å²) in [6, 6.07) is 16.9. The molecule has 2 aromatic heterocycles. The predicted molar refractivity (Wildman–Crippen MR) is 97.4 cm³/mol. The number of fused-ring (bicyclic) bond motifs is 1. The van der Waals surface area contributed by atoms with Gasteiger partial charge in [-0.2, -0.15) is 5.10 Å². The van der Waals surface area contributed by atoms with Crippen molar-refractivity contribution in [3.8, 4) is 0 Å². The van der Waals surface area contributed by atoms with Gasteiger partial charge in [0.15, 0.2) is 5.82 Å². The standard InChI is InChI=1S/C19H21N5/c1-23(18-11-10-15-6-2-3-8-17(15)21-18)16-7-5-13-24(14-16)19-9-4-12-20-22-19/h2-4,6,8-12,16H,5,7,13-14H2,1H3. The van der Waals surface area contributed by atoms with E-state index in [4.69, 9.17) is 4.98 Å². The summed E-state index contributed by atoms with van der Waals surface area (Å²) in [5.74, 6) is 1.99. The van der Waals surface area contributed by atoms with Gasteiger partial charge in [-0.1, -0.05) is 18.2 Å². The van der Waals surface area contributed by atoms with Gasteiger partial charge in [-0.25, -0.2) is 4.98 Å². The maximum Gasteiger partial charge on any atom is 0.151 e. The molecule has 0 saturated carbocycles. The maximum atomic E-state index is 4.83. The van der Waals surface area contributed by atoms with Crippen LogP contribution in [0.2, 0.25) is 0 Å². The zero-order valence-electron chi connectivity index (χ0n) is 13.8. The molecule has 1 fully saturated rings. The molecule has 1 aliphatic heterocycles. The Balaban J connectivity index is 1.55. The summed E-state index contributed by atoms with van der Waals surface area (Å²) in [5, 5.41) is 9.44. The van der Waals surface area contributed by atoms with Crippen molar-refractivity contribution >= 4 is 22.5 Å². The van der Waals surface area contributed by atoms with Gasteiger partial charge in [-0.15, -0.1) is 5.10 Å². The second-order valence-corrected chi connectivity index (χ2v) is 6.30. The van der Waals surface area contributed by atoms with Crippen LogP contribution in [0.4, 0.5) is 11.6 Å². The molecule has 3 aromatic rings. The van der Waals surface area contributed by atoms with E-state index in [0.29, 0.717) is 6.04 Å². The Morgan fingerprint density at radius 1 is 1.08 bits per heavy atom. The predicted octanol–water partition coefficient (Wildman–Crippen LogP) is 3.13. The zero-order chi connectivity index (χ0) is 16.4. The number of hydrogen-bond acceptors (Lipinski definition) is 5. The van der Waals surface area contributed by atoms with Crippen LogP contribution in [0.15, 0.2) is 54.7 Å². The molecule has 0 spiro atoms. The molecule has 5 nitrogen and oxygen atoms in total. The van der Waals surface area contributed by atoms with E-state index in [1.165, 1.54) is 11.8 Å². The Hall–Kier alpha value is -2.69. The molecule has 0 bridgehead atoms. The first-order chi connectivity index (χ1) is 11.8. The van der Waals surface area contributed by atoms with Crippen LogP contribution in [0.5, 0.6) is 0 Å². The molecule has 1 aliphatic rings. The monoisotopic (exact) mass is 319 g/mol. The molecule has 1 unspecified atom stereocenters. The quantitative estimate of drug-likeness (QED) is 0.742. The van der Waals surface area contributed by atoms with E-state index >= 15 is 0 Å². The van der Waals surface area contributed by atoms with Gasteiger partial charge < -0.3 is 9.80 Å². The molecule has 0 aliphatic carbocycles. The number of para-hydroxylation sites is 1. The highest BCUT2D eigenvalue weighted by Gasteiger charge is 2.25. The van der Waals surface area contributed by atoms with Gasteiger partial charge in [0.05, 0.1) is 5.52 Å². The van der Waals surface area contributed by atoms with Crippen LogP contribution in [0, 0.1) is 0 Å². The molecule has 1 aromatic carbocycles. The van der Waals surface area contributed by atoms with Crippen LogP contribution in [-0.4, -0.2) is 41.4 Å². The number of likely N-dealkylation sites (N-methyl/N-ethyl adjacent to an activating group) is 1. The van der Waals surface area contributed by atoms with E-state index in [1.54, 1.807) is 6.20 Å². The lowest BCUT2D eigenvalue weighted by atomic mass is 10.0. The van der Waals surface area contributed by atoms with Crippen molar-refractivity contribution in [1.82, 2.24) is 15.2 Å².